The van der Waals surface area contributed by atoms with E-state index >= 15 is 0 Å². The number of hydrogen-bond acceptors (Lipinski definition) is 4. The third-order valence-electron chi connectivity index (χ3n) is 4.33. The van der Waals surface area contributed by atoms with Gasteiger partial charge in [-0.25, -0.2) is 4.79 Å². The molecule has 7 heteroatoms. The molecule has 0 radical (unpaired) electrons. The number of nitrogens with one attached hydrogen (secondary N) is 3. The second-order valence-corrected chi connectivity index (χ2v) is 6.55. The zero-order valence-electron chi connectivity index (χ0n) is 15.3. The number of nitrogens with two attached hydrogens (primary N) is 1. The normalized spacial score (nSPS) is 14.5. The van der Waals surface area contributed by atoms with E-state index in [1.54, 1.807) is 24.3 Å². The van der Waals surface area contributed by atoms with Gasteiger partial charge in [0.05, 0.1) is 0 Å². The Morgan fingerprint density at radius 2 is 1.85 bits per heavy atom. The molecular weight excluding hydrogens is 332 g/mol. The Balaban J connectivity index is 1.57. The minimum Gasteiger partial charge on any atom is -0.492 e. The number of urea groups is 1. The van der Waals surface area contributed by atoms with Gasteiger partial charge in [-0.3, -0.25) is 4.79 Å². The molecule has 0 aromatic heterocycles. The van der Waals surface area contributed by atoms with Crippen molar-refractivity contribution in [2.45, 2.75) is 51.0 Å². The summed E-state index contributed by atoms with van der Waals surface area (Å²) in [5, 5.41) is 8.65. The Hall–Kier alpha value is -2.28. The molecule has 0 unspecified atom stereocenters. The Bertz CT molecular complexity index is 556. The summed E-state index contributed by atoms with van der Waals surface area (Å²) in [7, 11) is 0. The van der Waals surface area contributed by atoms with Crippen molar-refractivity contribution >= 4 is 17.6 Å². The second-order valence-electron chi connectivity index (χ2n) is 6.55. The van der Waals surface area contributed by atoms with E-state index in [9.17, 15) is 9.59 Å². The van der Waals surface area contributed by atoms with Crippen LogP contribution in [0.5, 0.6) is 5.75 Å². The predicted octanol–water partition coefficient (Wildman–Crippen LogP) is 2.37. The quantitative estimate of drug-likeness (QED) is 0.506. The van der Waals surface area contributed by atoms with Gasteiger partial charge >= 0.3 is 6.03 Å². The topological polar surface area (TPSA) is 105 Å². The smallest absolute Gasteiger partial charge is 0.315 e. The minimum absolute atomic E-state index is 0.0740. The Kier molecular flexibility index (Phi) is 8.75. The summed E-state index contributed by atoms with van der Waals surface area (Å²) in [6, 6.07) is 7.33. The fraction of sp³-hybridized carbons (Fsp3) is 0.579. The highest BCUT2D eigenvalue weighted by atomic mass is 16.5. The van der Waals surface area contributed by atoms with Gasteiger partial charge in [-0.05, 0) is 43.5 Å². The molecule has 0 saturated heterocycles. The maximum Gasteiger partial charge on any atom is 0.315 e. The lowest BCUT2D eigenvalue weighted by molar-refractivity contribution is -0.116. The van der Waals surface area contributed by atoms with Crippen molar-refractivity contribution in [2.24, 2.45) is 5.73 Å². The average molecular weight is 362 g/mol. The molecule has 0 atom stereocenters. The summed E-state index contributed by atoms with van der Waals surface area (Å²) < 4.78 is 5.39. The first-order chi connectivity index (χ1) is 12.7. The first kappa shape index (κ1) is 20.0. The molecule has 1 fully saturated rings. The van der Waals surface area contributed by atoms with Crippen molar-refractivity contribution in [3.05, 3.63) is 24.3 Å². The lowest BCUT2D eigenvalue weighted by Crippen LogP contribution is -2.43. The molecule has 144 valence electrons. The van der Waals surface area contributed by atoms with Gasteiger partial charge in [-0.15, -0.1) is 0 Å². The van der Waals surface area contributed by atoms with Gasteiger partial charge in [-0.2, -0.15) is 0 Å². The maximum absolute atomic E-state index is 11.9. The van der Waals surface area contributed by atoms with Gasteiger partial charge < -0.3 is 26.4 Å². The molecule has 1 aromatic carbocycles. The number of carbonyl (C=O) groups is 2. The molecule has 0 aliphatic heterocycles. The number of ether oxygens (including phenoxy) is 1. The van der Waals surface area contributed by atoms with Crippen molar-refractivity contribution in [1.29, 1.82) is 0 Å². The zero-order valence-corrected chi connectivity index (χ0v) is 15.3. The largest absolute Gasteiger partial charge is 0.492 e. The van der Waals surface area contributed by atoms with Crippen LogP contribution >= 0.6 is 0 Å². The highest BCUT2D eigenvalue weighted by Gasteiger charge is 2.15. The third kappa shape index (κ3) is 7.74. The van der Waals surface area contributed by atoms with Crippen molar-refractivity contribution in [3.8, 4) is 5.75 Å². The van der Waals surface area contributed by atoms with Gasteiger partial charge in [0.15, 0.2) is 0 Å². The lowest BCUT2D eigenvalue weighted by Gasteiger charge is -2.22. The molecule has 1 saturated carbocycles. The van der Waals surface area contributed by atoms with Crippen LogP contribution in [-0.4, -0.2) is 37.7 Å². The standard InChI is InChI=1S/C19H30N4O3/c20-12-14-26-17-10-8-16(9-11-17)22-18(24)7-4-13-21-19(25)23-15-5-2-1-3-6-15/h8-11,15H,1-7,12-14,20H2,(H,22,24)(H2,21,23,25). The molecular formula is C19H30N4O3. The number of anilines is 1. The van der Waals surface area contributed by atoms with Crippen LogP contribution in [0.25, 0.3) is 0 Å². The molecule has 0 heterocycles. The second kappa shape index (κ2) is 11.4. The first-order valence-corrected chi connectivity index (χ1v) is 9.44. The summed E-state index contributed by atoms with van der Waals surface area (Å²) in [6.07, 6.45) is 6.71. The average Bonchev–Trinajstić information content (AvgIpc) is 2.65. The van der Waals surface area contributed by atoms with Crippen molar-refractivity contribution in [3.63, 3.8) is 0 Å². The third-order valence-corrected chi connectivity index (χ3v) is 4.33. The van der Waals surface area contributed by atoms with Crippen LogP contribution in [-0.2, 0) is 4.79 Å². The maximum atomic E-state index is 11.9. The molecule has 2 rings (SSSR count). The van der Waals surface area contributed by atoms with Gasteiger partial charge in [0.2, 0.25) is 5.91 Å². The minimum atomic E-state index is -0.134. The van der Waals surface area contributed by atoms with E-state index in [4.69, 9.17) is 10.5 Å². The van der Waals surface area contributed by atoms with Gasteiger partial charge in [-0.1, -0.05) is 19.3 Å². The van der Waals surface area contributed by atoms with Crippen LogP contribution in [0, 0.1) is 0 Å². The number of amides is 3. The predicted molar refractivity (Wildman–Crippen MR) is 102 cm³/mol. The number of benzene rings is 1. The Morgan fingerprint density at radius 3 is 2.54 bits per heavy atom. The molecule has 1 aliphatic rings. The van der Waals surface area contributed by atoms with E-state index in [0.717, 1.165) is 24.3 Å². The van der Waals surface area contributed by atoms with E-state index in [-0.39, 0.29) is 11.9 Å². The van der Waals surface area contributed by atoms with Crippen LogP contribution in [0.2, 0.25) is 0 Å². The zero-order chi connectivity index (χ0) is 18.6. The van der Waals surface area contributed by atoms with Crippen molar-refractivity contribution in [1.82, 2.24) is 10.6 Å². The van der Waals surface area contributed by atoms with Gasteiger partial charge in [0, 0.05) is 31.2 Å². The van der Waals surface area contributed by atoms with E-state index in [1.807, 2.05) is 0 Å². The molecule has 5 N–H and O–H groups in total. The molecule has 26 heavy (non-hydrogen) atoms. The first-order valence-electron chi connectivity index (χ1n) is 9.44. The summed E-state index contributed by atoms with van der Waals surface area (Å²) in [6.45, 7) is 1.41. The van der Waals surface area contributed by atoms with Crippen LogP contribution in [0.4, 0.5) is 10.5 Å². The summed E-state index contributed by atoms with van der Waals surface area (Å²) >= 11 is 0. The fourth-order valence-corrected chi connectivity index (χ4v) is 2.97. The van der Waals surface area contributed by atoms with Crippen LogP contribution in [0.1, 0.15) is 44.9 Å². The molecule has 1 aromatic rings. The molecule has 0 bridgehead atoms. The number of carbonyl (C=O) groups excluding carboxylic acids is 2. The lowest BCUT2D eigenvalue weighted by atomic mass is 9.96. The highest BCUT2D eigenvalue weighted by Crippen LogP contribution is 2.17. The van der Waals surface area contributed by atoms with Crippen LogP contribution in [0.3, 0.4) is 0 Å². The van der Waals surface area contributed by atoms with E-state index in [0.29, 0.717) is 38.6 Å². The summed E-state index contributed by atoms with van der Waals surface area (Å²) in [5.41, 5.74) is 6.10. The Morgan fingerprint density at radius 1 is 1.12 bits per heavy atom. The van der Waals surface area contributed by atoms with Crippen LogP contribution < -0.4 is 26.4 Å². The number of rotatable bonds is 9. The molecule has 7 nitrogen and oxygen atoms in total. The highest BCUT2D eigenvalue weighted by molar-refractivity contribution is 5.90. The van der Waals surface area contributed by atoms with E-state index < -0.39 is 0 Å². The van der Waals surface area contributed by atoms with Crippen molar-refractivity contribution < 1.29 is 14.3 Å². The van der Waals surface area contributed by atoms with Gasteiger partial charge in [0.1, 0.15) is 12.4 Å². The summed E-state index contributed by atoms with van der Waals surface area (Å²) in [4.78, 5) is 23.8. The SMILES string of the molecule is NCCOc1ccc(NC(=O)CCCNC(=O)NC2CCCCC2)cc1. The monoisotopic (exact) mass is 362 g/mol. The Labute approximate surface area is 155 Å². The van der Waals surface area contributed by atoms with Gasteiger partial charge in [0.25, 0.3) is 0 Å². The number of hydrogen-bond donors (Lipinski definition) is 4. The molecule has 0 spiro atoms. The summed E-state index contributed by atoms with van der Waals surface area (Å²) in [5.74, 6) is 0.650. The van der Waals surface area contributed by atoms with Crippen LogP contribution in [0.15, 0.2) is 24.3 Å². The fourth-order valence-electron chi connectivity index (χ4n) is 2.97. The molecule has 1 aliphatic carbocycles. The van der Waals surface area contributed by atoms with Crippen molar-refractivity contribution in [2.75, 3.05) is 25.0 Å². The molecule has 3 amide bonds. The van der Waals surface area contributed by atoms with E-state index in [2.05, 4.69) is 16.0 Å². The van der Waals surface area contributed by atoms with E-state index in [1.165, 1.54) is 19.3 Å².